The number of rotatable bonds is 4. The maximum atomic E-state index is 6.25. The fourth-order valence-corrected chi connectivity index (χ4v) is 2.28. The Morgan fingerprint density at radius 2 is 1.78 bits per heavy atom. The molecule has 2 aromatic carbocycles. The van der Waals surface area contributed by atoms with Crippen molar-refractivity contribution in [3.8, 4) is 16.9 Å². The average Bonchev–Trinajstić information content (AvgIpc) is 2.38. The molecule has 0 amide bonds. The fourth-order valence-electron chi connectivity index (χ4n) is 1.88. The van der Waals surface area contributed by atoms with E-state index in [-0.39, 0.29) is 0 Å². The molecule has 0 atom stereocenters. The molecule has 0 spiro atoms. The molecule has 94 valence electrons. The quantitative estimate of drug-likeness (QED) is 0.712. The Labute approximate surface area is 121 Å². The van der Waals surface area contributed by atoms with Crippen LogP contribution in [-0.4, -0.2) is 11.9 Å². The van der Waals surface area contributed by atoms with E-state index in [4.69, 9.17) is 16.3 Å². The van der Waals surface area contributed by atoms with Crippen molar-refractivity contribution in [3.63, 3.8) is 0 Å². The van der Waals surface area contributed by atoms with E-state index < -0.39 is 0 Å². The molecule has 0 unspecified atom stereocenters. The van der Waals surface area contributed by atoms with Gasteiger partial charge in [0.15, 0.2) is 0 Å². The number of benzene rings is 2. The highest BCUT2D eigenvalue weighted by Gasteiger charge is 2.11. The number of alkyl halides is 1. The van der Waals surface area contributed by atoms with E-state index in [1.165, 1.54) is 0 Å². The van der Waals surface area contributed by atoms with Crippen LogP contribution in [-0.2, 0) is 0 Å². The number of halogens is 2. The molecular formula is C15H14BrClO. The van der Waals surface area contributed by atoms with Crippen LogP contribution >= 0.6 is 27.5 Å². The molecular weight excluding hydrogens is 312 g/mol. The number of ether oxygens (including phenoxy) is 1. The van der Waals surface area contributed by atoms with Crippen molar-refractivity contribution in [1.82, 2.24) is 0 Å². The monoisotopic (exact) mass is 324 g/mol. The van der Waals surface area contributed by atoms with E-state index >= 15 is 0 Å². The summed E-state index contributed by atoms with van der Waals surface area (Å²) in [7, 11) is 0. The molecule has 0 radical (unpaired) electrons. The second-order valence-corrected chi connectivity index (χ2v) is 5.17. The van der Waals surface area contributed by atoms with Crippen molar-refractivity contribution in [2.45, 2.75) is 6.92 Å². The predicted molar refractivity (Wildman–Crippen MR) is 80.9 cm³/mol. The van der Waals surface area contributed by atoms with Crippen LogP contribution in [0.25, 0.3) is 11.1 Å². The van der Waals surface area contributed by atoms with Crippen molar-refractivity contribution < 1.29 is 4.74 Å². The van der Waals surface area contributed by atoms with Gasteiger partial charge in [-0.15, -0.1) is 0 Å². The minimum Gasteiger partial charge on any atom is -0.492 e. The number of para-hydroxylation sites is 1. The summed E-state index contributed by atoms with van der Waals surface area (Å²) in [6, 6.07) is 13.9. The Morgan fingerprint density at radius 3 is 2.50 bits per heavy atom. The van der Waals surface area contributed by atoms with Gasteiger partial charge in [-0.1, -0.05) is 63.9 Å². The summed E-state index contributed by atoms with van der Waals surface area (Å²) >= 11 is 9.63. The van der Waals surface area contributed by atoms with Gasteiger partial charge in [-0.05, 0) is 18.6 Å². The Hall–Kier alpha value is -0.990. The minimum absolute atomic E-state index is 0.641. The topological polar surface area (TPSA) is 9.23 Å². The lowest BCUT2D eigenvalue weighted by molar-refractivity contribution is 0.344. The van der Waals surface area contributed by atoms with Gasteiger partial charge in [0.25, 0.3) is 0 Å². The lowest BCUT2D eigenvalue weighted by Crippen LogP contribution is -2.01. The summed E-state index contributed by atoms with van der Waals surface area (Å²) in [5.74, 6) is 0.907. The maximum absolute atomic E-state index is 6.25. The molecule has 0 saturated heterocycles. The van der Waals surface area contributed by atoms with Gasteiger partial charge in [0.05, 0.1) is 6.61 Å². The third-order valence-corrected chi connectivity index (χ3v) is 3.35. The fraction of sp³-hybridized carbons (Fsp3) is 0.200. The van der Waals surface area contributed by atoms with Gasteiger partial charge in [-0.3, -0.25) is 0 Å². The highest BCUT2D eigenvalue weighted by molar-refractivity contribution is 9.09. The molecule has 3 heteroatoms. The second-order valence-electron chi connectivity index (χ2n) is 3.97. The molecule has 2 rings (SSSR count). The van der Waals surface area contributed by atoms with Gasteiger partial charge in [0, 0.05) is 21.5 Å². The molecule has 1 nitrogen and oxygen atoms in total. The predicted octanol–water partition coefficient (Wildman–Crippen LogP) is 5.09. The summed E-state index contributed by atoms with van der Waals surface area (Å²) in [6.07, 6.45) is 0. The molecule has 0 N–H and O–H groups in total. The van der Waals surface area contributed by atoms with E-state index in [2.05, 4.69) is 15.9 Å². The van der Waals surface area contributed by atoms with Gasteiger partial charge in [-0.25, -0.2) is 0 Å². The van der Waals surface area contributed by atoms with Crippen molar-refractivity contribution in [2.75, 3.05) is 11.9 Å². The van der Waals surface area contributed by atoms with Gasteiger partial charge < -0.3 is 4.74 Å². The Morgan fingerprint density at radius 1 is 1.06 bits per heavy atom. The molecule has 0 aliphatic heterocycles. The lowest BCUT2D eigenvalue weighted by atomic mass is 10.0. The largest absolute Gasteiger partial charge is 0.492 e. The van der Waals surface area contributed by atoms with Crippen LogP contribution in [0, 0.1) is 6.92 Å². The van der Waals surface area contributed by atoms with Crippen molar-refractivity contribution in [1.29, 1.82) is 0 Å². The van der Waals surface area contributed by atoms with E-state index in [0.29, 0.717) is 6.61 Å². The second kappa shape index (κ2) is 6.26. The lowest BCUT2D eigenvalue weighted by Gasteiger charge is -2.14. The standard InChI is InChI=1S/C15H14BrClO/c1-11-5-4-7-13(15(11)18-10-9-16)12-6-2-3-8-14(12)17/h2-8H,9-10H2,1H3. The molecule has 0 aromatic heterocycles. The minimum atomic E-state index is 0.641. The van der Waals surface area contributed by atoms with Crippen LogP contribution in [0.2, 0.25) is 5.02 Å². The van der Waals surface area contributed by atoms with Crippen LogP contribution in [0.5, 0.6) is 5.75 Å². The van der Waals surface area contributed by atoms with Crippen LogP contribution in [0.1, 0.15) is 5.56 Å². The first-order valence-electron chi connectivity index (χ1n) is 5.77. The van der Waals surface area contributed by atoms with E-state index in [9.17, 15) is 0 Å². The molecule has 0 bridgehead atoms. The SMILES string of the molecule is Cc1cccc(-c2ccccc2Cl)c1OCCBr. The van der Waals surface area contributed by atoms with Crippen LogP contribution < -0.4 is 4.74 Å². The number of hydrogen-bond acceptors (Lipinski definition) is 1. The van der Waals surface area contributed by atoms with E-state index in [1.807, 2.05) is 49.4 Å². The molecule has 18 heavy (non-hydrogen) atoms. The Kier molecular flexibility index (Phi) is 4.67. The number of aryl methyl sites for hydroxylation is 1. The van der Waals surface area contributed by atoms with Crippen molar-refractivity contribution in [3.05, 3.63) is 53.1 Å². The summed E-state index contributed by atoms with van der Waals surface area (Å²) < 4.78 is 5.82. The average molecular weight is 326 g/mol. The van der Waals surface area contributed by atoms with E-state index in [1.54, 1.807) is 0 Å². The Bertz CT molecular complexity index is 540. The molecule has 0 aliphatic rings. The first kappa shape index (κ1) is 13.4. The first-order valence-corrected chi connectivity index (χ1v) is 7.27. The van der Waals surface area contributed by atoms with Gasteiger partial charge in [0.2, 0.25) is 0 Å². The van der Waals surface area contributed by atoms with Gasteiger partial charge in [-0.2, -0.15) is 0 Å². The molecule has 0 saturated carbocycles. The number of hydrogen-bond donors (Lipinski definition) is 0. The molecule has 0 heterocycles. The first-order chi connectivity index (χ1) is 8.74. The summed E-state index contributed by atoms with van der Waals surface area (Å²) in [6.45, 7) is 2.69. The molecule has 0 fully saturated rings. The van der Waals surface area contributed by atoms with Gasteiger partial charge >= 0.3 is 0 Å². The summed E-state index contributed by atoms with van der Waals surface area (Å²) in [4.78, 5) is 0. The van der Waals surface area contributed by atoms with Crippen molar-refractivity contribution in [2.24, 2.45) is 0 Å². The van der Waals surface area contributed by atoms with Crippen LogP contribution in [0.15, 0.2) is 42.5 Å². The highest BCUT2D eigenvalue weighted by Crippen LogP contribution is 2.36. The third-order valence-electron chi connectivity index (χ3n) is 2.70. The molecule has 0 aliphatic carbocycles. The zero-order valence-corrected chi connectivity index (χ0v) is 12.5. The normalized spacial score (nSPS) is 10.4. The smallest absolute Gasteiger partial charge is 0.130 e. The third kappa shape index (κ3) is 2.88. The zero-order valence-electron chi connectivity index (χ0n) is 10.1. The molecule has 2 aromatic rings. The Balaban J connectivity index is 2.50. The van der Waals surface area contributed by atoms with Gasteiger partial charge in [0.1, 0.15) is 5.75 Å². The summed E-state index contributed by atoms with van der Waals surface area (Å²) in [5.41, 5.74) is 3.17. The van der Waals surface area contributed by atoms with Crippen LogP contribution in [0.4, 0.5) is 0 Å². The zero-order chi connectivity index (χ0) is 13.0. The van der Waals surface area contributed by atoms with Crippen molar-refractivity contribution >= 4 is 27.5 Å². The maximum Gasteiger partial charge on any atom is 0.130 e. The highest BCUT2D eigenvalue weighted by atomic mass is 79.9. The summed E-state index contributed by atoms with van der Waals surface area (Å²) in [5, 5.41) is 1.55. The van der Waals surface area contributed by atoms with E-state index in [0.717, 1.165) is 32.8 Å². The van der Waals surface area contributed by atoms with Crippen LogP contribution in [0.3, 0.4) is 0 Å².